The Kier molecular flexibility index (Phi) is 4.04. The minimum absolute atomic E-state index is 0.296. The predicted octanol–water partition coefficient (Wildman–Crippen LogP) is 3.39. The van der Waals surface area contributed by atoms with Crippen LogP contribution in [-0.4, -0.2) is 7.11 Å². The smallest absolute Gasteiger partial charge is 0.124 e. The van der Waals surface area contributed by atoms with Gasteiger partial charge in [-0.1, -0.05) is 12.1 Å². The minimum Gasteiger partial charge on any atom is -0.496 e. The van der Waals surface area contributed by atoms with Crippen molar-refractivity contribution in [2.24, 2.45) is 5.73 Å². The van der Waals surface area contributed by atoms with Gasteiger partial charge in [0, 0.05) is 11.1 Å². The SMILES string of the molecule is COc1ccc(F)cc1C(C)(N)Cc1ccc(F)cc1. The molecule has 0 aliphatic heterocycles. The molecule has 0 aromatic heterocycles. The molecular weight excluding hydrogens is 260 g/mol. The fourth-order valence-electron chi connectivity index (χ4n) is 2.25. The van der Waals surface area contributed by atoms with E-state index < -0.39 is 5.54 Å². The number of benzene rings is 2. The molecule has 20 heavy (non-hydrogen) atoms. The van der Waals surface area contributed by atoms with Crippen molar-refractivity contribution in [3.63, 3.8) is 0 Å². The molecule has 2 rings (SSSR count). The molecule has 0 spiro atoms. The maximum atomic E-state index is 13.4. The summed E-state index contributed by atoms with van der Waals surface area (Å²) in [4.78, 5) is 0. The summed E-state index contributed by atoms with van der Waals surface area (Å²) in [5.41, 5.74) is 6.96. The average molecular weight is 277 g/mol. The van der Waals surface area contributed by atoms with Crippen LogP contribution in [0.5, 0.6) is 5.75 Å². The maximum Gasteiger partial charge on any atom is 0.124 e. The summed E-state index contributed by atoms with van der Waals surface area (Å²) in [7, 11) is 1.52. The van der Waals surface area contributed by atoms with Gasteiger partial charge in [0.15, 0.2) is 0 Å². The summed E-state index contributed by atoms with van der Waals surface area (Å²) in [5.74, 6) is -0.120. The fraction of sp³-hybridized carbons (Fsp3) is 0.250. The summed E-state index contributed by atoms with van der Waals surface area (Å²) >= 11 is 0. The van der Waals surface area contributed by atoms with Crippen molar-refractivity contribution < 1.29 is 13.5 Å². The van der Waals surface area contributed by atoms with Gasteiger partial charge in [0.25, 0.3) is 0 Å². The van der Waals surface area contributed by atoms with Crippen LogP contribution in [0.2, 0.25) is 0 Å². The van der Waals surface area contributed by atoms with Crippen molar-refractivity contribution in [3.8, 4) is 5.75 Å². The Morgan fingerprint density at radius 3 is 2.25 bits per heavy atom. The number of hydrogen-bond donors (Lipinski definition) is 1. The van der Waals surface area contributed by atoms with E-state index in [4.69, 9.17) is 10.5 Å². The second kappa shape index (κ2) is 5.59. The van der Waals surface area contributed by atoms with Crippen LogP contribution in [0.15, 0.2) is 42.5 Å². The molecule has 0 saturated heterocycles. The number of methoxy groups -OCH3 is 1. The Labute approximate surface area is 117 Å². The molecule has 0 fully saturated rings. The first kappa shape index (κ1) is 14.5. The monoisotopic (exact) mass is 277 g/mol. The first-order valence-corrected chi connectivity index (χ1v) is 6.30. The highest BCUT2D eigenvalue weighted by Gasteiger charge is 2.26. The summed E-state index contributed by atoms with van der Waals surface area (Å²) < 4.78 is 31.6. The van der Waals surface area contributed by atoms with Crippen LogP contribution in [0.1, 0.15) is 18.1 Å². The second-order valence-corrected chi connectivity index (χ2v) is 5.07. The molecule has 1 unspecified atom stereocenters. The lowest BCUT2D eigenvalue weighted by molar-refractivity contribution is 0.384. The number of ether oxygens (including phenoxy) is 1. The molecule has 0 saturated carbocycles. The van der Waals surface area contributed by atoms with Crippen molar-refractivity contribution in [2.45, 2.75) is 18.9 Å². The number of nitrogens with two attached hydrogens (primary N) is 1. The van der Waals surface area contributed by atoms with Crippen LogP contribution in [0.25, 0.3) is 0 Å². The third-order valence-corrected chi connectivity index (χ3v) is 3.26. The summed E-state index contributed by atoms with van der Waals surface area (Å²) in [6.07, 6.45) is 0.451. The van der Waals surface area contributed by atoms with Crippen molar-refractivity contribution in [3.05, 3.63) is 65.2 Å². The van der Waals surface area contributed by atoms with Gasteiger partial charge in [-0.2, -0.15) is 0 Å². The van der Waals surface area contributed by atoms with Crippen LogP contribution in [0.4, 0.5) is 8.78 Å². The Hall–Kier alpha value is -1.94. The quantitative estimate of drug-likeness (QED) is 0.929. The fourth-order valence-corrected chi connectivity index (χ4v) is 2.25. The van der Waals surface area contributed by atoms with E-state index in [2.05, 4.69) is 0 Å². The maximum absolute atomic E-state index is 13.4. The van der Waals surface area contributed by atoms with E-state index in [1.165, 1.54) is 31.4 Å². The van der Waals surface area contributed by atoms with Crippen molar-refractivity contribution in [1.29, 1.82) is 0 Å². The highest BCUT2D eigenvalue weighted by molar-refractivity contribution is 5.40. The predicted molar refractivity (Wildman–Crippen MR) is 74.6 cm³/mol. The van der Waals surface area contributed by atoms with Gasteiger partial charge in [0.2, 0.25) is 0 Å². The van der Waals surface area contributed by atoms with Crippen LogP contribution in [0, 0.1) is 11.6 Å². The molecule has 0 bridgehead atoms. The van der Waals surface area contributed by atoms with Crippen LogP contribution >= 0.6 is 0 Å². The molecule has 1 atom stereocenters. The number of halogens is 2. The largest absolute Gasteiger partial charge is 0.496 e. The normalized spacial score (nSPS) is 13.8. The van der Waals surface area contributed by atoms with Gasteiger partial charge < -0.3 is 10.5 Å². The van der Waals surface area contributed by atoms with Gasteiger partial charge >= 0.3 is 0 Å². The van der Waals surface area contributed by atoms with E-state index in [1.807, 2.05) is 0 Å². The highest BCUT2D eigenvalue weighted by Crippen LogP contribution is 2.31. The Bertz CT molecular complexity index is 594. The molecule has 4 heteroatoms. The molecular formula is C16H17F2NO. The highest BCUT2D eigenvalue weighted by atomic mass is 19.1. The molecule has 2 aromatic carbocycles. The zero-order valence-corrected chi connectivity index (χ0v) is 11.5. The van der Waals surface area contributed by atoms with E-state index in [1.54, 1.807) is 25.1 Å². The van der Waals surface area contributed by atoms with E-state index in [-0.39, 0.29) is 11.6 Å². The van der Waals surface area contributed by atoms with Gasteiger partial charge in [-0.05, 0) is 49.2 Å². The molecule has 2 nitrogen and oxygen atoms in total. The van der Waals surface area contributed by atoms with Gasteiger partial charge in [-0.15, -0.1) is 0 Å². The zero-order chi connectivity index (χ0) is 14.8. The molecule has 2 aromatic rings. The molecule has 0 aliphatic rings. The van der Waals surface area contributed by atoms with E-state index in [0.717, 1.165) is 5.56 Å². The van der Waals surface area contributed by atoms with E-state index >= 15 is 0 Å². The first-order valence-electron chi connectivity index (χ1n) is 6.30. The molecule has 0 heterocycles. The Morgan fingerprint density at radius 2 is 1.65 bits per heavy atom. The van der Waals surface area contributed by atoms with Crippen molar-refractivity contribution in [1.82, 2.24) is 0 Å². The standard InChI is InChI=1S/C16H17F2NO/c1-16(19,10-11-3-5-12(17)6-4-11)14-9-13(18)7-8-15(14)20-2/h3-9H,10,19H2,1-2H3. The second-order valence-electron chi connectivity index (χ2n) is 5.07. The number of rotatable bonds is 4. The summed E-state index contributed by atoms with van der Waals surface area (Å²) in [6, 6.07) is 10.4. The van der Waals surface area contributed by atoms with E-state index in [0.29, 0.717) is 17.7 Å². The third-order valence-electron chi connectivity index (χ3n) is 3.26. The lowest BCUT2D eigenvalue weighted by Crippen LogP contribution is -2.36. The first-order chi connectivity index (χ1) is 9.42. The Morgan fingerprint density at radius 1 is 1.05 bits per heavy atom. The summed E-state index contributed by atoms with van der Waals surface area (Å²) in [5, 5.41) is 0. The lowest BCUT2D eigenvalue weighted by Gasteiger charge is -2.27. The average Bonchev–Trinajstić information content (AvgIpc) is 2.41. The van der Waals surface area contributed by atoms with Gasteiger partial charge in [-0.25, -0.2) is 8.78 Å². The third kappa shape index (κ3) is 3.14. The zero-order valence-electron chi connectivity index (χ0n) is 11.5. The molecule has 0 amide bonds. The van der Waals surface area contributed by atoms with Gasteiger partial charge in [0.1, 0.15) is 17.4 Å². The molecule has 0 radical (unpaired) electrons. The van der Waals surface area contributed by atoms with Crippen LogP contribution in [0.3, 0.4) is 0 Å². The number of hydrogen-bond acceptors (Lipinski definition) is 2. The molecule has 106 valence electrons. The molecule has 2 N–H and O–H groups in total. The van der Waals surface area contributed by atoms with Gasteiger partial charge in [-0.3, -0.25) is 0 Å². The van der Waals surface area contributed by atoms with Gasteiger partial charge in [0.05, 0.1) is 7.11 Å². The minimum atomic E-state index is -0.814. The lowest BCUT2D eigenvalue weighted by atomic mass is 9.86. The van der Waals surface area contributed by atoms with Crippen molar-refractivity contribution in [2.75, 3.05) is 7.11 Å². The van der Waals surface area contributed by atoms with Crippen LogP contribution in [-0.2, 0) is 12.0 Å². The Balaban J connectivity index is 2.34. The van der Waals surface area contributed by atoms with E-state index in [9.17, 15) is 8.78 Å². The van der Waals surface area contributed by atoms with Crippen LogP contribution < -0.4 is 10.5 Å². The topological polar surface area (TPSA) is 35.2 Å². The molecule has 0 aliphatic carbocycles. The van der Waals surface area contributed by atoms with Crippen molar-refractivity contribution >= 4 is 0 Å². The summed E-state index contributed by atoms with van der Waals surface area (Å²) in [6.45, 7) is 1.80.